The Morgan fingerprint density at radius 3 is 2.76 bits per heavy atom. The molecule has 33 heavy (non-hydrogen) atoms. The number of fused-ring (bicyclic) bond motifs is 1. The van der Waals surface area contributed by atoms with Gasteiger partial charge in [-0.2, -0.15) is 4.98 Å². The van der Waals surface area contributed by atoms with E-state index in [0.717, 1.165) is 0 Å². The first kappa shape index (κ1) is 23.2. The number of benzene rings is 1. The van der Waals surface area contributed by atoms with Gasteiger partial charge in [-0.1, -0.05) is 24.6 Å². The summed E-state index contributed by atoms with van der Waals surface area (Å²) in [6.45, 7) is 1.91. The molecule has 0 aliphatic heterocycles. The van der Waals surface area contributed by atoms with E-state index in [4.69, 9.17) is 17.3 Å². The number of anilines is 3. The van der Waals surface area contributed by atoms with Crippen LogP contribution in [0.2, 0.25) is 5.02 Å². The number of nitrogens with one attached hydrogen (secondary N) is 2. The van der Waals surface area contributed by atoms with Gasteiger partial charge >= 0.3 is 0 Å². The first-order valence-corrected chi connectivity index (χ1v) is 11.4. The number of aliphatic hydroxyl groups excluding tert-OH is 1. The third kappa shape index (κ3) is 4.86. The highest BCUT2D eigenvalue weighted by molar-refractivity contribution is 6.31. The molecule has 2 aromatic heterocycles. The van der Waals surface area contributed by atoms with Crippen molar-refractivity contribution < 1.29 is 14.3 Å². The molecule has 0 bridgehead atoms. The molecule has 1 amide bonds. The summed E-state index contributed by atoms with van der Waals surface area (Å²) in [5.41, 5.74) is 6.82. The zero-order valence-corrected chi connectivity index (χ0v) is 19.0. The number of rotatable bonds is 8. The Labute approximate surface area is 195 Å². The molecule has 2 heterocycles. The minimum absolute atomic E-state index is 0.00511. The smallest absolute Gasteiger partial charge is 0.225 e. The van der Waals surface area contributed by atoms with Crippen LogP contribution < -0.4 is 16.4 Å². The first-order chi connectivity index (χ1) is 15.9. The highest BCUT2D eigenvalue weighted by Gasteiger charge is 2.29. The Balaban J connectivity index is 1.74. The van der Waals surface area contributed by atoms with E-state index in [1.54, 1.807) is 18.3 Å². The van der Waals surface area contributed by atoms with Crippen molar-refractivity contribution in [2.75, 3.05) is 17.2 Å². The van der Waals surface area contributed by atoms with Gasteiger partial charge in [0.15, 0.2) is 11.5 Å². The Hall–Kier alpha value is -2.98. The van der Waals surface area contributed by atoms with Gasteiger partial charge in [0, 0.05) is 12.0 Å². The van der Waals surface area contributed by atoms with E-state index in [1.807, 2.05) is 11.5 Å². The van der Waals surface area contributed by atoms with E-state index < -0.39 is 5.82 Å². The molecule has 0 unspecified atom stereocenters. The molecule has 176 valence electrons. The van der Waals surface area contributed by atoms with E-state index in [-0.39, 0.29) is 41.2 Å². The molecular formula is C22H27ClFN7O2. The van der Waals surface area contributed by atoms with Crippen LogP contribution in [-0.4, -0.2) is 43.2 Å². The lowest BCUT2D eigenvalue weighted by Gasteiger charge is -2.29. The Morgan fingerprint density at radius 2 is 2.09 bits per heavy atom. The van der Waals surface area contributed by atoms with Crippen LogP contribution in [0, 0.1) is 11.7 Å². The van der Waals surface area contributed by atoms with Gasteiger partial charge in [-0.05, 0) is 44.2 Å². The number of hydrogen-bond acceptors (Lipinski definition) is 7. The van der Waals surface area contributed by atoms with Crippen molar-refractivity contribution in [2.45, 2.75) is 51.1 Å². The van der Waals surface area contributed by atoms with Crippen LogP contribution in [0.4, 0.5) is 22.0 Å². The van der Waals surface area contributed by atoms with Crippen LogP contribution >= 0.6 is 11.6 Å². The SMILES string of the molecule is CC[C@@H](CO)Nc1ncc2nc(Nc3cccc(Cl)c3F)n(C3CCC(C(N)=O)CC3)c2n1. The number of halogens is 2. The standard InChI is InChI=1S/C22H27ClFN7O2/c1-2-13(11-32)27-21-26-10-17-20(30-21)31(14-8-6-12(7-9-14)19(25)33)22(29-17)28-16-5-3-4-15(23)18(16)24/h3-5,10,12-14,32H,2,6-9,11H2,1H3,(H2,25,33)(H,28,29)(H,26,27,30)/t12?,13-,14?/m0/s1. The number of carbonyl (C=O) groups excluding carboxylic acids is 1. The second-order valence-corrected chi connectivity index (χ2v) is 8.68. The molecule has 11 heteroatoms. The molecule has 1 atom stereocenters. The molecule has 0 radical (unpaired) electrons. The average Bonchev–Trinajstić information content (AvgIpc) is 3.17. The van der Waals surface area contributed by atoms with Gasteiger partial charge in [-0.15, -0.1) is 0 Å². The van der Waals surface area contributed by atoms with Gasteiger partial charge in [0.05, 0.1) is 29.6 Å². The van der Waals surface area contributed by atoms with E-state index in [1.165, 1.54) is 6.07 Å². The summed E-state index contributed by atoms with van der Waals surface area (Å²) in [5, 5.41) is 15.7. The molecule has 1 aromatic carbocycles. The molecule has 0 saturated heterocycles. The van der Waals surface area contributed by atoms with E-state index >= 15 is 0 Å². The maximum Gasteiger partial charge on any atom is 0.225 e. The van der Waals surface area contributed by atoms with Crippen molar-refractivity contribution >= 4 is 46.3 Å². The third-order valence-electron chi connectivity index (χ3n) is 6.14. The third-order valence-corrected chi connectivity index (χ3v) is 6.43. The summed E-state index contributed by atoms with van der Waals surface area (Å²) in [4.78, 5) is 25.2. The minimum Gasteiger partial charge on any atom is -0.394 e. The Bertz CT molecular complexity index is 1140. The lowest BCUT2D eigenvalue weighted by Crippen LogP contribution is -2.29. The zero-order chi connectivity index (χ0) is 23.5. The second kappa shape index (κ2) is 9.88. The van der Waals surface area contributed by atoms with Gasteiger partial charge in [0.25, 0.3) is 0 Å². The van der Waals surface area contributed by atoms with Gasteiger partial charge in [-0.25, -0.2) is 14.4 Å². The zero-order valence-electron chi connectivity index (χ0n) is 18.3. The summed E-state index contributed by atoms with van der Waals surface area (Å²) in [6, 6.07) is 4.52. The highest BCUT2D eigenvalue weighted by Crippen LogP contribution is 2.37. The number of nitrogens with zero attached hydrogens (tertiary/aromatic N) is 4. The number of amides is 1. The van der Waals surface area contributed by atoms with Crippen LogP contribution in [0.15, 0.2) is 24.4 Å². The van der Waals surface area contributed by atoms with Crippen molar-refractivity contribution in [3.63, 3.8) is 0 Å². The first-order valence-electron chi connectivity index (χ1n) is 11.0. The molecule has 9 nitrogen and oxygen atoms in total. The summed E-state index contributed by atoms with van der Waals surface area (Å²) >= 11 is 5.95. The number of hydrogen-bond donors (Lipinski definition) is 4. The summed E-state index contributed by atoms with van der Waals surface area (Å²) < 4.78 is 16.5. The van der Waals surface area contributed by atoms with Crippen LogP contribution in [0.3, 0.4) is 0 Å². The van der Waals surface area contributed by atoms with Crippen LogP contribution in [0.25, 0.3) is 11.2 Å². The van der Waals surface area contributed by atoms with E-state index in [0.29, 0.717) is 55.2 Å². The number of aromatic nitrogens is 4. The summed E-state index contributed by atoms with van der Waals surface area (Å²) in [5.74, 6) is -0.228. The summed E-state index contributed by atoms with van der Waals surface area (Å²) in [7, 11) is 0. The van der Waals surface area contributed by atoms with E-state index in [2.05, 4.69) is 25.6 Å². The number of carbonyl (C=O) groups is 1. The van der Waals surface area contributed by atoms with Crippen LogP contribution in [-0.2, 0) is 4.79 Å². The fourth-order valence-corrected chi connectivity index (χ4v) is 4.37. The molecule has 1 aliphatic rings. The van der Waals surface area contributed by atoms with Gasteiger partial charge < -0.3 is 21.5 Å². The molecule has 5 N–H and O–H groups in total. The molecule has 4 rings (SSSR count). The van der Waals surface area contributed by atoms with Crippen molar-refractivity contribution in [3.8, 4) is 0 Å². The topological polar surface area (TPSA) is 131 Å². The molecule has 3 aromatic rings. The molecule has 1 aliphatic carbocycles. The second-order valence-electron chi connectivity index (χ2n) is 8.27. The average molecular weight is 476 g/mol. The van der Waals surface area contributed by atoms with Crippen molar-refractivity contribution in [2.24, 2.45) is 11.7 Å². The predicted molar refractivity (Wildman–Crippen MR) is 125 cm³/mol. The Morgan fingerprint density at radius 1 is 1.33 bits per heavy atom. The van der Waals surface area contributed by atoms with Crippen molar-refractivity contribution in [3.05, 3.63) is 35.2 Å². The fraction of sp³-hybridized carbons (Fsp3) is 0.455. The number of imidazole rings is 1. The number of nitrogens with two attached hydrogens (primary N) is 1. The maximum absolute atomic E-state index is 14.6. The molecule has 0 spiro atoms. The van der Waals surface area contributed by atoms with Crippen molar-refractivity contribution in [1.82, 2.24) is 19.5 Å². The molecular weight excluding hydrogens is 449 g/mol. The predicted octanol–water partition coefficient (Wildman–Crippen LogP) is 3.76. The summed E-state index contributed by atoms with van der Waals surface area (Å²) in [6.07, 6.45) is 5.01. The lowest BCUT2D eigenvalue weighted by molar-refractivity contribution is -0.122. The largest absolute Gasteiger partial charge is 0.394 e. The maximum atomic E-state index is 14.6. The fourth-order valence-electron chi connectivity index (χ4n) is 4.19. The quantitative estimate of drug-likeness (QED) is 0.390. The number of primary amides is 1. The van der Waals surface area contributed by atoms with Crippen LogP contribution in [0.1, 0.15) is 45.1 Å². The molecule has 1 fully saturated rings. The van der Waals surface area contributed by atoms with Gasteiger partial charge in [0.1, 0.15) is 5.52 Å². The lowest BCUT2D eigenvalue weighted by atomic mass is 9.85. The van der Waals surface area contributed by atoms with Gasteiger partial charge in [0.2, 0.25) is 17.8 Å². The highest BCUT2D eigenvalue weighted by atomic mass is 35.5. The minimum atomic E-state index is -0.572. The van der Waals surface area contributed by atoms with Crippen LogP contribution in [0.5, 0.6) is 0 Å². The number of aliphatic hydroxyl groups is 1. The monoisotopic (exact) mass is 475 g/mol. The van der Waals surface area contributed by atoms with Crippen molar-refractivity contribution in [1.29, 1.82) is 0 Å². The Kier molecular flexibility index (Phi) is 6.94. The van der Waals surface area contributed by atoms with Gasteiger partial charge in [-0.3, -0.25) is 9.36 Å². The normalized spacial score (nSPS) is 19.4. The van der Waals surface area contributed by atoms with E-state index in [9.17, 15) is 14.3 Å². The molecule has 1 saturated carbocycles.